The molecule has 0 atom stereocenters. The molecule has 0 aliphatic heterocycles. The molecule has 2 nitrogen and oxygen atoms in total. The standard InChI is InChI=1S/C13H24N2/c1-3-5-7-9-13-10-12-15(14-13)11-8-6-4-2/h10,12H,3-9,11H2,1-2H3. The van der Waals surface area contributed by atoms with Gasteiger partial charge in [0.05, 0.1) is 5.69 Å². The molecule has 86 valence electrons. The van der Waals surface area contributed by atoms with Gasteiger partial charge in [0, 0.05) is 12.7 Å². The number of nitrogens with zero attached hydrogens (tertiary/aromatic N) is 2. The summed E-state index contributed by atoms with van der Waals surface area (Å²) in [5.41, 5.74) is 1.26. The number of hydrogen-bond donors (Lipinski definition) is 0. The number of rotatable bonds is 8. The average molecular weight is 208 g/mol. The molecule has 0 fully saturated rings. The van der Waals surface area contributed by atoms with Crippen LogP contribution in [0.15, 0.2) is 12.3 Å². The lowest BCUT2D eigenvalue weighted by atomic mass is 10.2. The largest absolute Gasteiger partial charge is 0.272 e. The van der Waals surface area contributed by atoms with Crippen LogP contribution < -0.4 is 0 Å². The third kappa shape index (κ3) is 5.01. The van der Waals surface area contributed by atoms with E-state index in [2.05, 4.69) is 35.9 Å². The first-order valence-corrected chi connectivity index (χ1v) is 6.39. The van der Waals surface area contributed by atoms with Crippen LogP contribution in [0.3, 0.4) is 0 Å². The Morgan fingerprint density at radius 1 is 1.07 bits per heavy atom. The highest BCUT2D eigenvalue weighted by Gasteiger charge is 1.98. The van der Waals surface area contributed by atoms with E-state index in [-0.39, 0.29) is 0 Å². The molecular formula is C13H24N2. The molecule has 1 aromatic rings. The maximum absolute atomic E-state index is 4.57. The van der Waals surface area contributed by atoms with Crippen LogP contribution in [0.2, 0.25) is 0 Å². The topological polar surface area (TPSA) is 17.8 Å². The van der Waals surface area contributed by atoms with Gasteiger partial charge in [0.2, 0.25) is 0 Å². The smallest absolute Gasteiger partial charge is 0.0624 e. The Balaban J connectivity index is 2.23. The minimum absolute atomic E-state index is 1.08. The second-order valence-electron chi connectivity index (χ2n) is 4.23. The van der Waals surface area contributed by atoms with Crippen molar-refractivity contribution in [3.05, 3.63) is 18.0 Å². The van der Waals surface area contributed by atoms with E-state index in [0.717, 1.165) is 13.0 Å². The van der Waals surface area contributed by atoms with Crippen LogP contribution in [0.25, 0.3) is 0 Å². The molecule has 0 bridgehead atoms. The highest BCUT2D eigenvalue weighted by atomic mass is 15.3. The summed E-state index contributed by atoms with van der Waals surface area (Å²) < 4.78 is 2.09. The molecule has 0 spiro atoms. The number of aromatic nitrogens is 2. The SMILES string of the molecule is CCCCCc1ccn(CCCCC)n1. The van der Waals surface area contributed by atoms with Crippen molar-refractivity contribution < 1.29 is 0 Å². The Hall–Kier alpha value is -0.790. The van der Waals surface area contributed by atoms with Gasteiger partial charge >= 0.3 is 0 Å². The van der Waals surface area contributed by atoms with E-state index in [9.17, 15) is 0 Å². The summed E-state index contributed by atoms with van der Waals surface area (Å²) in [4.78, 5) is 0. The van der Waals surface area contributed by atoms with Gasteiger partial charge in [-0.15, -0.1) is 0 Å². The maximum Gasteiger partial charge on any atom is 0.0624 e. The van der Waals surface area contributed by atoms with Gasteiger partial charge < -0.3 is 0 Å². The average Bonchev–Trinajstić information content (AvgIpc) is 2.67. The summed E-state index contributed by atoms with van der Waals surface area (Å²) in [6, 6.07) is 2.17. The van der Waals surface area contributed by atoms with E-state index in [1.165, 1.54) is 44.2 Å². The molecule has 1 aromatic heterocycles. The summed E-state index contributed by atoms with van der Waals surface area (Å²) in [5, 5.41) is 4.57. The van der Waals surface area contributed by atoms with Crippen molar-refractivity contribution >= 4 is 0 Å². The minimum atomic E-state index is 1.08. The van der Waals surface area contributed by atoms with Crippen molar-refractivity contribution in [1.29, 1.82) is 0 Å². The predicted octanol–water partition coefficient (Wildman–Crippen LogP) is 3.81. The Labute approximate surface area is 93.7 Å². The third-order valence-corrected chi connectivity index (χ3v) is 2.72. The van der Waals surface area contributed by atoms with Crippen LogP contribution in [0.1, 0.15) is 58.1 Å². The zero-order valence-electron chi connectivity index (χ0n) is 10.2. The van der Waals surface area contributed by atoms with Crippen molar-refractivity contribution in [2.24, 2.45) is 0 Å². The van der Waals surface area contributed by atoms with Crippen LogP contribution in [0.5, 0.6) is 0 Å². The molecule has 1 heterocycles. The van der Waals surface area contributed by atoms with Gasteiger partial charge in [0.25, 0.3) is 0 Å². The fourth-order valence-electron chi connectivity index (χ4n) is 1.74. The van der Waals surface area contributed by atoms with Crippen molar-refractivity contribution in [1.82, 2.24) is 9.78 Å². The lowest BCUT2D eigenvalue weighted by molar-refractivity contribution is 0.546. The quantitative estimate of drug-likeness (QED) is 0.594. The van der Waals surface area contributed by atoms with Crippen LogP contribution in [-0.4, -0.2) is 9.78 Å². The molecule has 0 aliphatic rings. The first-order chi connectivity index (χ1) is 7.36. The molecule has 2 heteroatoms. The van der Waals surface area contributed by atoms with Gasteiger partial charge in [-0.3, -0.25) is 4.68 Å². The molecule has 1 rings (SSSR count). The Morgan fingerprint density at radius 2 is 1.80 bits per heavy atom. The molecule has 0 saturated carbocycles. The zero-order valence-corrected chi connectivity index (χ0v) is 10.2. The fourth-order valence-corrected chi connectivity index (χ4v) is 1.74. The van der Waals surface area contributed by atoms with Crippen molar-refractivity contribution in [3.8, 4) is 0 Å². The molecule has 0 aliphatic carbocycles. The van der Waals surface area contributed by atoms with E-state index in [1.54, 1.807) is 0 Å². The highest BCUT2D eigenvalue weighted by molar-refractivity contribution is 4.98. The summed E-state index contributed by atoms with van der Waals surface area (Å²) >= 11 is 0. The van der Waals surface area contributed by atoms with Gasteiger partial charge in [-0.05, 0) is 25.3 Å². The first kappa shape index (κ1) is 12.3. The third-order valence-electron chi connectivity index (χ3n) is 2.72. The van der Waals surface area contributed by atoms with E-state index < -0.39 is 0 Å². The summed E-state index contributed by atoms with van der Waals surface area (Å²) in [5.74, 6) is 0. The predicted molar refractivity (Wildman–Crippen MR) is 65.0 cm³/mol. The van der Waals surface area contributed by atoms with E-state index >= 15 is 0 Å². The van der Waals surface area contributed by atoms with Crippen LogP contribution >= 0.6 is 0 Å². The molecule has 0 aromatic carbocycles. The van der Waals surface area contributed by atoms with E-state index in [4.69, 9.17) is 0 Å². The monoisotopic (exact) mass is 208 g/mol. The normalized spacial score (nSPS) is 10.8. The van der Waals surface area contributed by atoms with Gasteiger partial charge in [0.15, 0.2) is 0 Å². The van der Waals surface area contributed by atoms with Crippen LogP contribution in [0.4, 0.5) is 0 Å². The zero-order chi connectivity index (χ0) is 10.9. The summed E-state index contributed by atoms with van der Waals surface area (Å²) in [7, 11) is 0. The number of hydrogen-bond acceptors (Lipinski definition) is 1. The molecule has 0 unspecified atom stereocenters. The second kappa shape index (κ2) is 7.49. The van der Waals surface area contributed by atoms with Crippen molar-refractivity contribution in [3.63, 3.8) is 0 Å². The van der Waals surface area contributed by atoms with E-state index in [1.807, 2.05) is 0 Å². The van der Waals surface area contributed by atoms with Gasteiger partial charge in [0.1, 0.15) is 0 Å². The summed E-state index contributed by atoms with van der Waals surface area (Å²) in [6.45, 7) is 5.56. The molecular weight excluding hydrogens is 184 g/mol. The molecule has 0 saturated heterocycles. The van der Waals surface area contributed by atoms with Crippen LogP contribution in [-0.2, 0) is 13.0 Å². The molecule has 0 radical (unpaired) electrons. The van der Waals surface area contributed by atoms with Crippen LogP contribution in [0, 0.1) is 0 Å². The lowest BCUT2D eigenvalue weighted by Crippen LogP contribution is -1.99. The van der Waals surface area contributed by atoms with Gasteiger partial charge in [-0.2, -0.15) is 5.10 Å². The number of aryl methyl sites for hydroxylation is 2. The molecule has 0 N–H and O–H groups in total. The Kier molecular flexibility index (Phi) is 6.14. The summed E-state index contributed by atoms with van der Waals surface area (Å²) in [6.07, 6.45) is 11.0. The fraction of sp³-hybridized carbons (Fsp3) is 0.769. The first-order valence-electron chi connectivity index (χ1n) is 6.39. The highest BCUT2D eigenvalue weighted by Crippen LogP contribution is 2.05. The second-order valence-corrected chi connectivity index (χ2v) is 4.23. The van der Waals surface area contributed by atoms with Gasteiger partial charge in [-0.1, -0.05) is 39.5 Å². The van der Waals surface area contributed by atoms with Crippen molar-refractivity contribution in [2.75, 3.05) is 0 Å². The van der Waals surface area contributed by atoms with E-state index in [0.29, 0.717) is 0 Å². The molecule has 0 amide bonds. The Morgan fingerprint density at radius 3 is 2.53 bits per heavy atom. The minimum Gasteiger partial charge on any atom is -0.272 e. The Bertz CT molecular complexity index is 228. The maximum atomic E-state index is 4.57. The lowest BCUT2D eigenvalue weighted by Gasteiger charge is -1.99. The van der Waals surface area contributed by atoms with Gasteiger partial charge in [-0.25, -0.2) is 0 Å². The molecule has 15 heavy (non-hydrogen) atoms. The number of unbranched alkanes of at least 4 members (excludes halogenated alkanes) is 4. The van der Waals surface area contributed by atoms with Crippen molar-refractivity contribution in [2.45, 2.75) is 65.3 Å².